The minimum atomic E-state index is -0.679. The number of aromatic nitrogens is 1. The molecule has 1 heterocycles. The van der Waals surface area contributed by atoms with E-state index in [9.17, 15) is 17.6 Å². The summed E-state index contributed by atoms with van der Waals surface area (Å²) in [6.07, 6.45) is 0. The van der Waals surface area contributed by atoms with Gasteiger partial charge >= 0.3 is 0 Å². The van der Waals surface area contributed by atoms with Gasteiger partial charge in [-0.15, -0.1) is 0 Å². The first-order valence-electron chi connectivity index (χ1n) is 16.4. The lowest BCUT2D eigenvalue weighted by Crippen LogP contribution is -2.12. The monoisotopic (exact) mass is 672 g/mol. The fraction of sp³-hybridized carbons (Fsp3) is 0. The standard InChI is InChI=1S/C45H28F4N2/c46-37-20-35(21-38(47)27-37)31-13-7-15-41(24-31)51(42-16-8-14-32(25-42)36-22-39(48)28-40(49)23-36)44-18-17-33-19-34(29-9-3-1-4-10-29)26-43(45(33)50-44)30-11-5-2-6-12-30/h1-28H. The van der Waals surface area contributed by atoms with Gasteiger partial charge in [-0.2, -0.15) is 0 Å². The number of pyridine rings is 1. The molecular formula is C45H28F4N2. The number of nitrogens with zero attached hydrogens (tertiary/aromatic N) is 2. The van der Waals surface area contributed by atoms with Gasteiger partial charge in [-0.25, -0.2) is 22.5 Å². The lowest BCUT2D eigenvalue weighted by molar-refractivity contribution is 0.583. The minimum absolute atomic E-state index is 0.379. The molecule has 0 fully saturated rings. The first-order valence-corrected chi connectivity index (χ1v) is 16.4. The van der Waals surface area contributed by atoms with Gasteiger partial charge in [0.05, 0.1) is 5.52 Å². The molecule has 0 saturated carbocycles. The van der Waals surface area contributed by atoms with E-state index in [1.54, 1.807) is 12.1 Å². The van der Waals surface area contributed by atoms with Gasteiger partial charge in [-0.1, -0.05) is 84.9 Å². The maximum absolute atomic E-state index is 14.3. The summed E-state index contributed by atoms with van der Waals surface area (Å²) in [4.78, 5) is 7.21. The third kappa shape index (κ3) is 6.59. The molecule has 0 bridgehead atoms. The molecule has 51 heavy (non-hydrogen) atoms. The van der Waals surface area contributed by atoms with Crippen molar-refractivity contribution >= 4 is 28.1 Å². The summed E-state index contributed by atoms with van der Waals surface area (Å²) in [5.74, 6) is -2.15. The maximum Gasteiger partial charge on any atom is 0.138 e. The van der Waals surface area contributed by atoms with E-state index < -0.39 is 23.3 Å². The topological polar surface area (TPSA) is 16.1 Å². The first-order chi connectivity index (χ1) is 24.9. The van der Waals surface area contributed by atoms with Gasteiger partial charge in [0.2, 0.25) is 0 Å². The number of anilines is 3. The average molecular weight is 673 g/mol. The summed E-state index contributed by atoms with van der Waals surface area (Å²) in [6.45, 7) is 0. The summed E-state index contributed by atoms with van der Waals surface area (Å²) in [7, 11) is 0. The van der Waals surface area contributed by atoms with Crippen LogP contribution in [0, 0.1) is 23.3 Å². The average Bonchev–Trinajstić information content (AvgIpc) is 3.15. The zero-order chi connectivity index (χ0) is 34.9. The van der Waals surface area contributed by atoms with Crippen LogP contribution >= 0.6 is 0 Å². The predicted octanol–water partition coefficient (Wildman–Crippen LogP) is 12.9. The van der Waals surface area contributed by atoms with Crippen LogP contribution in [0.2, 0.25) is 0 Å². The normalized spacial score (nSPS) is 11.1. The number of halogens is 4. The Morgan fingerprint density at radius 3 is 1.35 bits per heavy atom. The van der Waals surface area contributed by atoms with Crippen LogP contribution in [-0.4, -0.2) is 4.98 Å². The molecule has 0 unspecified atom stereocenters. The molecule has 0 N–H and O–H groups in total. The number of fused-ring (bicyclic) bond motifs is 1. The van der Waals surface area contributed by atoms with Crippen molar-refractivity contribution in [1.29, 1.82) is 0 Å². The highest BCUT2D eigenvalue weighted by Gasteiger charge is 2.19. The molecule has 0 spiro atoms. The van der Waals surface area contributed by atoms with Gasteiger partial charge in [0, 0.05) is 34.5 Å². The van der Waals surface area contributed by atoms with Crippen LogP contribution < -0.4 is 4.90 Å². The lowest BCUT2D eigenvalue weighted by atomic mass is 9.95. The fourth-order valence-corrected chi connectivity index (χ4v) is 6.49. The Balaban J connectivity index is 1.34. The van der Waals surface area contributed by atoms with Gasteiger partial charge < -0.3 is 0 Å². The summed E-state index contributed by atoms with van der Waals surface area (Å²) in [6, 6.07) is 49.9. The van der Waals surface area contributed by atoms with Crippen molar-refractivity contribution in [2.45, 2.75) is 0 Å². The Morgan fingerprint density at radius 2 is 0.824 bits per heavy atom. The summed E-state index contributed by atoms with van der Waals surface area (Å²) in [5, 5.41) is 0.937. The van der Waals surface area contributed by atoms with Crippen LogP contribution in [0.25, 0.3) is 55.4 Å². The molecule has 0 aliphatic rings. The van der Waals surface area contributed by atoms with E-state index in [0.29, 0.717) is 39.4 Å². The number of hydrogen-bond acceptors (Lipinski definition) is 2. The molecule has 0 aliphatic heterocycles. The third-order valence-corrected chi connectivity index (χ3v) is 8.80. The molecule has 0 radical (unpaired) electrons. The molecule has 0 aliphatic carbocycles. The summed E-state index contributed by atoms with van der Waals surface area (Å²) < 4.78 is 57.3. The molecule has 0 amide bonds. The Morgan fingerprint density at radius 1 is 0.353 bits per heavy atom. The van der Waals surface area contributed by atoms with Crippen molar-refractivity contribution < 1.29 is 17.6 Å². The first kappa shape index (κ1) is 31.7. The summed E-state index contributed by atoms with van der Waals surface area (Å²) >= 11 is 0. The SMILES string of the molecule is Fc1cc(F)cc(-c2cccc(N(c3cccc(-c4cc(F)cc(F)c4)c3)c3ccc4cc(-c5ccccc5)cc(-c5ccccc5)c4n3)c2)c1. The van der Waals surface area contributed by atoms with Crippen molar-refractivity contribution in [2.24, 2.45) is 0 Å². The minimum Gasteiger partial charge on any atom is -0.295 e. The lowest BCUT2D eigenvalue weighted by Gasteiger charge is -2.26. The van der Waals surface area contributed by atoms with Gasteiger partial charge in [0.1, 0.15) is 29.1 Å². The molecule has 1 aromatic heterocycles. The number of benzene rings is 7. The second-order valence-electron chi connectivity index (χ2n) is 12.2. The van der Waals surface area contributed by atoms with Crippen LogP contribution in [0.5, 0.6) is 0 Å². The molecular weight excluding hydrogens is 645 g/mol. The molecule has 246 valence electrons. The fourth-order valence-electron chi connectivity index (χ4n) is 6.49. The smallest absolute Gasteiger partial charge is 0.138 e. The maximum atomic E-state index is 14.3. The highest BCUT2D eigenvalue weighted by Crippen LogP contribution is 2.40. The third-order valence-electron chi connectivity index (χ3n) is 8.80. The van der Waals surface area contributed by atoms with Crippen LogP contribution in [0.1, 0.15) is 0 Å². The zero-order valence-electron chi connectivity index (χ0n) is 27.1. The van der Waals surface area contributed by atoms with Crippen LogP contribution in [-0.2, 0) is 0 Å². The van der Waals surface area contributed by atoms with E-state index >= 15 is 0 Å². The molecule has 7 aromatic carbocycles. The van der Waals surface area contributed by atoms with Crippen molar-refractivity contribution in [3.8, 4) is 44.5 Å². The van der Waals surface area contributed by atoms with Crippen molar-refractivity contribution in [3.05, 3.63) is 193 Å². The molecule has 0 saturated heterocycles. The van der Waals surface area contributed by atoms with E-state index in [1.165, 1.54) is 24.3 Å². The highest BCUT2D eigenvalue weighted by molar-refractivity contribution is 5.99. The Hall–Kier alpha value is -6.53. The second-order valence-corrected chi connectivity index (χ2v) is 12.2. The largest absolute Gasteiger partial charge is 0.295 e. The molecule has 8 aromatic rings. The van der Waals surface area contributed by atoms with Crippen molar-refractivity contribution in [1.82, 2.24) is 4.98 Å². The van der Waals surface area contributed by atoms with Gasteiger partial charge in [0.25, 0.3) is 0 Å². The number of rotatable bonds is 7. The molecule has 2 nitrogen and oxygen atoms in total. The molecule has 6 heteroatoms. The predicted molar refractivity (Wildman–Crippen MR) is 198 cm³/mol. The van der Waals surface area contributed by atoms with Gasteiger partial charge in [-0.3, -0.25) is 4.90 Å². The Kier molecular flexibility index (Phi) is 8.34. The molecule has 0 atom stereocenters. The van der Waals surface area contributed by atoms with Gasteiger partial charge in [-0.05, 0) is 112 Å². The van der Waals surface area contributed by atoms with E-state index in [0.717, 1.165) is 45.3 Å². The van der Waals surface area contributed by atoms with Gasteiger partial charge in [0.15, 0.2) is 0 Å². The highest BCUT2D eigenvalue weighted by atomic mass is 19.1. The Bertz CT molecular complexity index is 2400. The Labute approximate surface area is 292 Å². The van der Waals surface area contributed by atoms with Crippen molar-refractivity contribution in [2.75, 3.05) is 4.90 Å². The number of hydrogen-bond donors (Lipinski definition) is 0. The zero-order valence-corrected chi connectivity index (χ0v) is 27.1. The van der Waals surface area contributed by atoms with E-state index in [1.807, 2.05) is 89.8 Å². The van der Waals surface area contributed by atoms with Crippen LogP contribution in [0.15, 0.2) is 170 Å². The van der Waals surface area contributed by atoms with E-state index in [-0.39, 0.29) is 0 Å². The van der Waals surface area contributed by atoms with Crippen molar-refractivity contribution in [3.63, 3.8) is 0 Å². The van der Waals surface area contributed by atoms with Crippen LogP contribution in [0.4, 0.5) is 34.8 Å². The van der Waals surface area contributed by atoms with E-state index in [4.69, 9.17) is 4.98 Å². The molecule has 8 rings (SSSR count). The van der Waals surface area contributed by atoms with E-state index in [2.05, 4.69) is 36.4 Å². The van der Waals surface area contributed by atoms with Crippen LogP contribution in [0.3, 0.4) is 0 Å². The quantitative estimate of drug-likeness (QED) is 0.157. The second kappa shape index (κ2) is 13.4. The summed E-state index contributed by atoms with van der Waals surface area (Å²) in [5.41, 5.74) is 8.13.